The highest BCUT2D eigenvalue weighted by Gasteiger charge is 2.46. The van der Waals surface area contributed by atoms with Crippen LogP contribution in [0, 0.1) is 0 Å². The van der Waals surface area contributed by atoms with Crippen LogP contribution in [-0.2, 0) is 52.2 Å². The number of carboxylic acid groups (broad SMARTS) is 2. The third kappa shape index (κ3) is 20.3. The Morgan fingerprint density at radius 2 is 1.33 bits per heavy atom. The Hall–Kier alpha value is -2.51. The smallest absolute Gasteiger partial charge is 0.317 e. The highest BCUT2D eigenvalue weighted by molar-refractivity contribution is 7.95. The van der Waals surface area contributed by atoms with Crippen LogP contribution >= 0.6 is 24.1 Å². The van der Waals surface area contributed by atoms with Crippen molar-refractivity contribution in [3.63, 3.8) is 0 Å². The van der Waals surface area contributed by atoms with Gasteiger partial charge in [0, 0.05) is 96.0 Å². The SMILES string of the molecule is CCNC(=O)[C@@H](CCC(=O)NCCOC1OC(CSOOO)C(O)C(SOOO)C1O)NC(=O)CN1CCN(CC)CCN(CC(=O)O)CCN(CC(=O)O)CC1. The third-order valence-corrected chi connectivity index (χ3v) is 10.5. The van der Waals surface area contributed by atoms with Gasteiger partial charge in [0.25, 0.3) is 0 Å². The standard InChI is InChI=1S/C31H57N7O17S2/c1-3-32-30(47)21(5-6-23(39)33-7-16-50-31-28(46)29(57-55-53-49)27(45)22(51-31)20-56-54-52-48)34-24(40)17-36-10-8-35(4-2)9-11-37(18-25(41)42)14-15-38(13-12-36)19-26(43)44/h21-22,27-29,31,45-46,48-49H,3-20H2,1-2H3,(H,32,47)(H,33,39)(H,34,40)(H,41,42)(H,43,44)/t21-,22?,27?,28?,29?,31?/m1/s1. The Kier molecular flexibility index (Phi) is 25.6. The van der Waals surface area contributed by atoms with E-state index in [1.807, 2.05) is 11.8 Å². The molecule has 26 heteroatoms. The maximum absolute atomic E-state index is 13.4. The molecule has 2 fully saturated rings. The molecule has 2 saturated heterocycles. The lowest BCUT2D eigenvalue weighted by atomic mass is 10.0. The number of amides is 3. The fourth-order valence-corrected chi connectivity index (χ4v) is 7.13. The Balaban J connectivity index is 1.96. The maximum atomic E-state index is 13.4. The molecule has 0 spiro atoms. The van der Waals surface area contributed by atoms with Gasteiger partial charge in [0.15, 0.2) is 6.29 Å². The van der Waals surface area contributed by atoms with Gasteiger partial charge in [-0.2, -0.15) is 0 Å². The van der Waals surface area contributed by atoms with E-state index in [1.165, 1.54) is 0 Å². The molecule has 0 radical (unpaired) electrons. The summed E-state index contributed by atoms with van der Waals surface area (Å²) in [5.41, 5.74) is 0. The zero-order valence-corrected chi connectivity index (χ0v) is 33.6. The van der Waals surface area contributed by atoms with Gasteiger partial charge in [0.1, 0.15) is 12.1 Å². The van der Waals surface area contributed by atoms with E-state index >= 15 is 0 Å². The van der Waals surface area contributed by atoms with Gasteiger partial charge in [-0.25, -0.2) is 10.5 Å². The molecule has 0 aromatic heterocycles. The Bertz CT molecular complexity index is 1220. The summed E-state index contributed by atoms with van der Waals surface area (Å²) in [6, 6.07) is -1.05. The van der Waals surface area contributed by atoms with Crippen molar-refractivity contribution in [2.45, 2.75) is 62.6 Å². The third-order valence-electron chi connectivity index (χ3n) is 8.96. The highest BCUT2D eigenvalue weighted by Crippen LogP contribution is 2.32. The Labute approximate surface area is 338 Å². The second-order valence-corrected chi connectivity index (χ2v) is 14.6. The van der Waals surface area contributed by atoms with Crippen molar-refractivity contribution >= 4 is 53.7 Å². The molecule has 0 saturated carbocycles. The molecule has 2 aliphatic rings. The summed E-state index contributed by atoms with van der Waals surface area (Å²) in [6.45, 7) is 7.25. The molecule has 5 unspecified atom stereocenters. The van der Waals surface area contributed by atoms with E-state index in [-0.39, 0.29) is 57.9 Å². The average molecular weight is 864 g/mol. The van der Waals surface area contributed by atoms with Gasteiger partial charge in [-0.3, -0.25) is 38.7 Å². The number of nitrogens with zero attached hydrogens (tertiary/aromatic N) is 4. The largest absolute Gasteiger partial charge is 0.480 e. The van der Waals surface area contributed by atoms with E-state index < -0.39 is 65.6 Å². The molecule has 9 N–H and O–H groups in total. The molecule has 0 bridgehead atoms. The summed E-state index contributed by atoms with van der Waals surface area (Å²) in [4.78, 5) is 69.5. The first-order valence-electron chi connectivity index (χ1n) is 18.3. The number of rotatable bonds is 24. The molecule has 0 aromatic carbocycles. The molecule has 0 aromatic rings. The van der Waals surface area contributed by atoms with Crippen LogP contribution in [0.2, 0.25) is 0 Å². The lowest BCUT2D eigenvalue weighted by Gasteiger charge is -2.41. The number of nitrogens with one attached hydrogen (secondary N) is 3. The zero-order chi connectivity index (χ0) is 42.2. The van der Waals surface area contributed by atoms with Crippen molar-refractivity contribution in [3.8, 4) is 0 Å². The molecule has 3 amide bonds. The van der Waals surface area contributed by atoms with Crippen LogP contribution in [0.3, 0.4) is 0 Å². The van der Waals surface area contributed by atoms with E-state index in [0.717, 1.165) is 0 Å². The second kappa shape index (κ2) is 28.8. The van der Waals surface area contributed by atoms with E-state index in [1.54, 1.807) is 16.7 Å². The second-order valence-electron chi connectivity index (χ2n) is 13.0. The maximum Gasteiger partial charge on any atom is 0.317 e. The number of aliphatic hydroxyl groups is 2. The molecule has 2 heterocycles. The summed E-state index contributed by atoms with van der Waals surface area (Å²) in [5.74, 6) is -3.52. The molecule has 24 nitrogen and oxygen atoms in total. The van der Waals surface area contributed by atoms with Gasteiger partial charge in [-0.05, 0) is 19.9 Å². The predicted molar refractivity (Wildman–Crippen MR) is 200 cm³/mol. The van der Waals surface area contributed by atoms with Crippen LogP contribution < -0.4 is 16.0 Å². The molecule has 330 valence electrons. The first kappa shape index (κ1) is 50.6. The van der Waals surface area contributed by atoms with Crippen molar-refractivity contribution < 1.29 is 83.1 Å². The molecule has 2 aliphatic heterocycles. The van der Waals surface area contributed by atoms with Gasteiger partial charge >= 0.3 is 11.9 Å². The van der Waals surface area contributed by atoms with Gasteiger partial charge in [0.05, 0.1) is 49.5 Å². The van der Waals surface area contributed by atoms with E-state index in [0.29, 0.717) is 83.0 Å². The number of carboxylic acids is 2. The Morgan fingerprint density at radius 1 is 0.772 bits per heavy atom. The minimum Gasteiger partial charge on any atom is -0.480 e. The number of aliphatic hydroxyl groups excluding tert-OH is 2. The monoisotopic (exact) mass is 863 g/mol. The van der Waals surface area contributed by atoms with Crippen molar-refractivity contribution in [2.75, 3.05) is 104 Å². The minimum atomic E-state index is -1.49. The van der Waals surface area contributed by atoms with Gasteiger partial charge in [-0.15, -0.1) is 8.67 Å². The fourth-order valence-electron chi connectivity index (χ4n) is 5.96. The lowest BCUT2D eigenvalue weighted by Crippen LogP contribution is -2.58. The van der Waals surface area contributed by atoms with Gasteiger partial charge < -0.3 is 50.8 Å². The quantitative estimate of drug-likeness (QED) is 0.0201. The Morgan fingerprint density at radius 3 is 1.86 bits per heavy atom. The average Bonchev–Trinajstić information content (AvgIpc) is 3.16. The van der Waals surface area contributed by atoms with Crippen LogP contribution in [0.5, 0.6) is 0 Å². The van der Waals surface area contributed by atoms with Crippen LogP contribution in [0.1, 0.15) is 26.7 Å². The normalized spacial score (nSPS) is 24.1. The van der Waals surface area contributed by atoms with Gasteiger partial charge in [0.2, 0.25) is 17.7 Å². The summed E-state index contributed by atoms with van der Waals surface area (Å²) in [6.07, 6.45) is -5.42. The van der Waals surface area contributed by atoms with Crippen LogP contribution in [-0.4, -0.2) is 220 Å². The van der Waals surface area contributed by atoms with E-state index in [2.05, 4.69) is 39.6 Å². The number of hydrogen-bond donors (Lipinski definition) is 9. The summed E-state index contributed by atoms with van der Waals surface area (Å²) < 4.78 is 19.9. The molecule has 6 atom stereocenters. The zero-order valence-electron chi connectivity index (χ0n) is 32.0. The number of ether oxygens (including phenoxy) is 2. The van der Waals surface area contributed by atoms with Crippen LogP contribution in [0.25, 0.3) is 0 Å². The number of aliphatic carboxylic acids is 2. The lowest BCUT2D eigenvalue weighted by molar-refractivity contribution is -0.433. The number of hydrogen-bond acceptors (Lipinski definition) is 21. The molecular formula is C31H57N7O17S2. The molecule has 2 rings (SSSR count). The first-order valence-corrected chi connectivity index (χ1v) is 20.1. The fraction of sp³-hybridized carbons (Fsp3) is 0.839. The van der Waals surface area contributed by atoms with Crippen LogP contribution in [0.4, 0.5) is 0 Å². The predicted octanol–water partition coefficient (Wildman–Crippen LogP) is -3.11. The van der Waals surface area contributed by atoms with Crippen molar-refractivity contribution in [1.29, 1.82) is 0 Å². The van der Waals surface area contributed by atoms with Crippen LogP contribution in [0.15, 0.2) is 0 Å². The van der Waals surface area contributed by atoms with Gasteiger partial charge in [-0.1, -0.05) is 17.0 Å². The topological polar surface area (TPSA) is 311 Å². The summed E-state index contributed by atoms with van der Waals surface area (Å²) in [5, 5.41) is 70.9. The van der Waals surface area contributed by atoms with Crippen molar-refractivity contribution in [2.24, 2.45) is 0 Å². The molecular weight excluding hydrogens is 807 g/mol. The molecule has 0 aliphatic carbocycles. The molecule has 57 heavy (non-hydrogen) atoms. The summed E-state index contributed by atoms with van der Waals surface area (Å²) >= 11 is 0.987. The van der Waals surface area contributed by atoms with E-state index in [4.69, 9.17) is 20.0 Å². The van der Waals surface area contributed by atoms with E-state index in [9.17, 15) is 44.4 Å². The van der Waals surface area contributed by atoms with Crippen molar-refractivity contribution in [1.82, 2.24) is 35.6 Å². The number of likely N-dealkylation sites (N-methyl/N-ethyl adjacent to an activating group) is 2. The minimum absolute atomic E-state index is 0.0414. The summed E-state index contributed by atoms with van der Waals surface area (Å²) in [7, 11) is 0. The first-order chi connectivity index (χ1) is 27.3. The van der Waals surface area contributed by atoms with Crippen molar-refractivity contribution in [3.05, 3.63) is 0 Å². The highest BCUT2D eigenvalue weighted by atomic mass is 32.2. The number of carbonyl (C=O) groups is 5. The number of carbonyl (C=O) groups excluding carboxylic acids is 3.